The maximum atomic E-state index is 13.6. The SMILES string of the molecule is C=CCC(c1cc(C(F)(F)F)cc(C(F)(F)F)c1)N(C)C(=O)ON1CCNCC1c1ccc(F)cc1C. The number of carbonyl (C=O) groups excluding carboxylic acids is 1. The molecule has 2 aromatic carbocycles. The third kappa shape index (κ3) is 6.80. The first-order valence-electron chi connectivity index (χ1n) is 11.3. The Morgan fingerprint density at radius 1 is 1.16 bits per heavy atom. The van der Waals surface area contributed by atoms with Gasteiger partial charge in [-0.15, -0.1) is 11.6 Å². The number of amides is 1. The van der Waals surface area contributed by atoms with Crippen LogP contribution >= 0.6 is 0 Å². The van der Waals surface area contributed by atoms with E-state index in [-0.39, 0.29) is 24.6 Å². The molecule has 1 aliphatic heterocycles. The molecule has 0 saturated carbocycles. The first kappa shape index (κ1) is 28.5. The van der Waals surface area contributed by atoms with Crippen LogP contribution in [-0.2, 0) is 17.2 Å². The molecule has 0 radical (unpaired) electrons. The van der Waals surface area contributed by atoms with Crippen LogP contribution in [0.25, 0.3) is 0 Å². The van der Waals surface area contributed by atoms with Crippen molar-refractivity contribution in [3.05, 3.63) is 82.7 Å². The highest BCUT2D eigenvalue weighted by molar-refractivity contribution is 5.68. The fourth-order valence-electron chi connectivity index (χ4n) is 4.21. The van der Waals surface area contributed by atoms with Crippen molar-refractivity contribution < 1.29 is 40.4 Å². The Kier molecular flexibility index (Phi) is 8.53. The standard InChI is InChI=1S/C25H26F7N3O2/c1-4-5-21(16-11-17(24(27,28)29)13-18(12-16)25(30,31)32)34(3)23(36)37-35-9-8-33-14-22(35)20-7-6-19(26)10-15(20)2/h4,6-7,10-13,21-22,33H,1,5,8-9,14H2,2-3H3. The van der Waals surface area contributed by atoms with Gasteiger partial charge in [0.1, 0.15) is 5.82 Å². The number of benzene rings is 2. The summed E-state index contributed by atoms with van der Waals surface area (Å²) >= 11 is 0. The van der Waals surface area contributed by atoms with Crippen LogP contribution in [0.3, 0.4) is 0 Å². The molecule has 2 unspecified atom stereocenters. The smallest absolute Gasteiger partial charge is 0.350 e. The molecule has 0 spiro atoms. The van der Waals surface area contributed by atoms with Gasteiger partial charge in [0.05, 0.1) is 23.2 Å². The van der Waals surface area contributed by atoms with Crippen molar-refractivity contribution in [2.45, 2.75) is 37.8 Å². The first-order chi connectivity index (χ1) is 17.2. The van der Waals surface area contributed by atoms with Gasteiger partial charge in [0.15, 0.2) is 0 Å². The number of hydrogen-bond acceptors (Lipinski definition) is 4. The van der Waals surface area contributed by atoms with Gasteiger partial charge in [0.2, 0.25) is 0 Å². The Bertz CT molecular complexity index is 1100. The number of hydrogen-bond donors (Lipinski definition) is 1. The molecule has 0 aliphatic carbocycles. The Balaban J connectivity index is 1.91. The summed E-state index contributed by atoms with van der Waals surface area (Å²) in [5.41, 5.74) is -2.02. The van der Waals surface area contributed by atoms with E-state index in [0.29, 0.717) is 36.3 Å². The summed E-state index contributed by atoms with van der Waals surface area (Å²) in [5.74, 6) is -0.431. The zero-order valence-corrected chi connectivity index (χ0v) is 20.1. The van der Waals surface area contributed by atoms with Crippen LogP contribution in [-0.4, -0.2) is 42.7 Å². The Morgan fingerprint density at radius 3 is 2.32 bits per heavy atom. The highest BCUT2D eigenvalue weighted by Crippen LogP contribution is 2.39. The van der Waals surface area contributed by atoms with Gasteiger partial charge < -0.3 is 15.1 Å². The fraction of sp³-hybridized carbons (Fsp3) is 0.400. The van der Waals surface area contributed by atoms with Gasteiger partial charge in [0, 0.05) is 26.7 Å². The fourth-order valence-corrected chi connectivity index (χ4v) is 4.21. The van der Waals surface area contributed by atoms with Crippen LogP contribution < -0.4 is 5.32 Å². The second-order valence-corrected chi connectivity index (χ2v) is 8.71. The Morgan fingerprint density at radius 2 is 1.78 bits per heavy atom. The number of halogens is 7. The molecule has 1 fully saturated rings. The van der Waals surface area contributed by atoms with Gasteiger partial charge >= 0.3 is 18.4 Å². The topological polar surface area (TPSA) is 44.8 Å². The molecular formula is C25H26F7N3O2. The number of hydroxylamine groups is 2. The highest BCUT2D eigenvalue weighted by Gasteiger charge is 2.38. The summed E-state index contributed by atoms with van der Waals surface area (Å²) in [5, 5.41) is 4.52. The van der Waals surface area contributed by atoms with Gasteiger partial charge in [-0.2, -0.15) is 26.3 Å². The summed E-state index contributed by atoms with van der Waals surface area (Å²) < 4.78 is 93.9. The lowest BCUT2D eigenvalue weighted by Gasteiger charge is -2.37. The van der Waals surface area contributed by atoms with Crippen molar-refractivity contribution in [3.8, 4) is 0 Å². The maximum Gasteiger partial charge on any atom is 0.429 e. The summed E-state index contributed by atoms with van der Waals surface area (Å²) in [6, 6.07) is 3.66. The van der Waals surface area contributed by atoms with Gasteiger partial charge in [0.25, 0.3) is 0 Å². The minimum atomic E-state index is -5.03. The Hall–Kier alpha value is -3.12. The van der Waals surface area contributed by atoms with E-state index in [1.165, 1.54) is 30.3 Å². The van der Waals surface area contributed by atoms with Crippen LogP contribution in [0.2, 0.25) is 0 Å². The zero-order valence-electron chi connectivity index (χ0n) is 20.1. The monoisotopic (exact) mass is 533 g/mol. The van der Waals surface area contributed by atoms with Crippen LogP contribution in [0.1, 0.15) is 46.3 Å². The van der Waals surface area contributed by atoms with Crippen molar-refractivity contribution in [3.63, 3.8) is 0 Å². The summed E-state index contributed by atoms with van der Waals surface area (Å²) in [6.07, 6.45) is -9.89. The molecule has 1 N–H and O–H groups in total. The lowest BCUT2D eigenvalue weighted by molar-refractivity contribution is -0.152. The maximum absolute atomic E-state index is 13.6. The lowest BCUT2D eigenvalue weighted by Crippen LogP contribution is -2.48. The average Bonchev–Trinajstić information content (AvgIpc) is 2.81. The van der Waals surface area contributed by atoms with E-state index < -0.39 is 47.5 Å². The number of carbonyl (C=O) groups is 1. The molecule has 12 heteroatoms. The number of alkyl halides is 6. The van der Waals surface area contributed by atoms with Crippen molar-refractivity contribution >= 4 is 6.09 Å². The second kappa shape index (κ2) is 11.1. The third-order valence-corrected chi connectivity index (χ3v) is 6.12. The molecule has 2 atom stereocenters. The van der Waals surface area contributed by atoms with E-state index in [9.17, 15) is 35.5 Å². The number of nitrogens with zero attached hydrogens (tertiary/aromatic N) is 2. The third-order valence-electron chi connectivity index (χ3n) is 6.12. The number of rotatable bonds is 6. The van der Waals surface area contributed by atoms with Crippen LogP contribution in [0.4, 0.5) is 35.5 Å². The molecule has 5 nitrogen and oxygen atoms in total. The predicted molar refractivity (Wildman–Crippen MR) is 122 cm³/mol. The minimum Gasteiger partial charge on any atom is -0.350 e. The van der Waals surface area contributed by atoms with Gasteiger partial charge in [-0.05, 0) is 60.4 Å². The van der Waals surface area contributed by atoms with E-state index in [0.717, 1.165) is 4.90 Å². The van der Waals surface area contributed by atoms with E-state index in [4.69, 9.17) is 4.84 Å². The van der Waals surface area contributed by atoms with Crippen LogP contribution in [0.15, 0.2) is 49.1 Å². The van der Waals surface area contributed by atoms with E-state index in [1.54, 1.807) is 13.0 Å². The minimum absolute atomic E-state index is 0.0309. The summed E-state index contributed by atoms with van der Waals surface area (Å²) in [6.45, 7) is 6.28. The molecule has 2 aromatic rings. The second-order valence-electron chi connectivity index (χ2n) is 8.71. The average molecular weight is 533 g/mol. The molecule has 1 saturated heterocycles. The first-order valence-corrected chi connectivity index (χ1v) is 11.3. The summed E-state index contributed by atoms with van der Waals surface area (Å²) in [4.78, 5) is 19.6. The quantitative estimate of drug-likeness (QED) is 0.344. The zero-order chi connectivity index (χ0) is 27.5. The normalized spacial score (nSPS) is 17.8. The Labute approximate surface area is 209 Å². The summed E-state index contributed by atoms with van der Waals surface area (Å²) in [7, 11) is 1.23. The molecule has 1 heterocycles. The lowest BCUT2D eigenvalue weighted by atomic mass is 9.97. The molecule has 37 heavy (non-hydrogen) atoms. The van der Waals surface area contributed by atoms with E-state index in [2.05, 4.69) is 11.9 Å². The number of aryl methyl sites for hydroxylation is 1. The van der Waals surface area contributed by atoms with Crippen molar-refractivity contribution in [1.82, 2.24) is 15.3 Å². The van der Waals surface area contributed by atoms with Crippen molar-refractivity contribution in [2.75, 3.05) is 26.7 Å². The van der Waals surface area contributed by atoms with Crippen molar-refractivity contribution in [1.29, 1.82) is 0 Å². The molecule has 1 amide bonds. The number of nitrogens with one attached hydrogen (secondary N) is 1. The van der Waals surface area contributed by atoms with Gasteiger partial charge in [-0.3, -0.25) is 0 Å². The van der Waals surface area contributed by atoms with E-state index >= 15 is 0 Å². The van der Waals surface area contributed by atoms with Crippen molar-refractivity contribution in [2.24, 2.45) is 0 Å². The van der Waals surface area contributed by atoms with Crippen LogP contribution in [0, 0.1) is 12.7 Å². The molecule has 1 aliphatic rings. The van der Waals surface area contributed by atoms with E-state index in [1.807, 2.05) is 0 Å². The van der Waals surface area contributed by atoms with Crippen LogP contribution in [0.5, 0.6) is 0 Å². The predicted octanol–water partition coefficient (Wildman–Crippen LogP) is 6.42. The van der Waals surface area contributed by atoms with Gasteiger partial charge in [-0.1, -0.05) is 12.1 Å². The number of piperazine rings is 1. The largest absolute Gasteiger partial charge is 0.429 e. The molecule has 0 aromatic heterocycles. The molecular weight excluding hydrogens is 507 g/mol. The molecule has 202 valence electrons. The molecule has 3 rings (SSSR count). The van der Waals surface area contributed by atoms with Gasteiger partial charge in [-0.25, -0.2) is 9.18 Å². The highest BCUT2D eigenvalue weighted by atomic mass is 19.4. The molecule has 0 bridgehead atoms.